The van der Waals surface area contributed by atoms with E-state index in [4.69, 9.17) is 5.73 Å². The average Bonchev–Trinajstić information content (AvgIpc) is 2.44. The molecule has 0 aliphatic heterocycles. The Hall–Kier alpha value is -1.62. The van der Waals surface area contributed by atoms with Crippen LogP contribution in [0.25, 0.3) is 0 Å². The van der Waals surface area contributed by atoms with Gasteiger partial charge in [0.15, 0.2) is 5.82 Å². The normalized spacial score (nSPS) is 10.4. The fourth-order valence-corrected chi connectivity index (χ4v) is 2.25. The van der Waals surface area contributed by atoms with Gasteiger partial charge >= 0.3 is 0 Å². The van der Waals surface area contributed by atoms with Gasteiger partial charge in [-0.15, -0.1) is 0 Å². The maximum Gasteiger partial charge on any atom is 0.222 e. The minimum Gasteiger partial charge on any atom is -0.368 e. The number of hydrogen-bond donors (Lipinski definition) is 1. The standard InChI is InChI=1S/C14H17BrN4/c1-2-3-9-19(11-7-5-4-6-8-11)13-12(15)10-17-14(16)18-13/h4-8,10H,2-3,9H2,1H3,(H2,16,17,18). The molecule has 0 amide bonds. The molecule has 0 saturated carbocycles. The van der Waals surface area contributed by atoms with E-state index in [1.807, 2.05) is 18.2 Å². The minimum absolute atomic E-state index is 0.288. The van der Waals surface area contributed by atoms with E-state index in [0.29, 0.717) is 0 Å². The fraction of sp³-hybridized carbons (Fsp3) is 0.286. The highest BCUT2D eigenvalue weighted by atomic mass is 79.9. The van der Waals surface area contributed by atoms with Crippen LogP contribution in [0.3, 0.4) is 0 Å². The molecule has 0 unspecified atom stereocenters. The largest absolute Gasteiger partial charge is 0.368 e. The number of halogens is 1. The molecule has 2 rings (SSSR count). The lowest BCUT2D eigenvalue weighted by Gasteiger charge is -2.24. The Kier molecular flexibility index (Phi) is 4.74. The highest BCUT2D eigenvalue weighted by Gasteiger charge is 2.14. The molecule has 0 bridgehead atoms. The minimum atomic E-state index is 0.288. The van der Waals surface area contributed by atoms with Crippen molar-refractivity contribution in [3.05, 3.63) is 41.0 Å². The van der Waals surface area contributed by atoms with Crippen LogP contribution in [0.2, 0.25) is 0 Å². The summed E-state index contributed by atoms with van der Waals surface area (Å²) < 4.78 is 0.849. The number of nitrogens with zero attached hydrogens (tertiary/aromatic N) is 3. The molecule has 0 saturated heterocycles. The quantitative estimate of drug-likeness (QED) is 0.911. The average molecular weight is 321 g/mol. The van der Waals surface area contributed by atoms with Crippen LogP contribution in [0.5, 0.6) is 0 Å². The molecular formula is C14H17BrN4. The number of anilines is 3. The molecule has 1 aromatic heterocycles. The number of aromatic nitrogens is 2. The Balaban J connectivity index is 2.40. The molecule has 1 aromatic carbocycles. The molecule has 5 heteroatoms. The van der Waals surface area contributed by atoms with E-state index in [9.17, 15) is 0 Å². The third-order valence-electron chi connectivity index (χ3n) is 2.80. The smallest absolute Gasteiger partial charge is 0.222 e. The van der Waals surface area contributed by atoms with Crippen molar-refractivity contribution >= 4 is 33.4 Å². The lowest BCUT2D eigenvalue weighted by Crippen LogP contribution is -2.20. The second-order valence-electron chi connectivity index (χ2n) is 4.24. The van der Waals surface area contributed by atoms with Crippen LogP contribution in [-0.4, -0.2) is 16.5 Å². The Morgan fingerprint density at radius 2 is 2.00 bits per heavy atom. The van der Waals surface area contributed by atoms with Crippen molar-refractivity contribution in [3.63, 3.8) is 0 Å². The van der Waals surface area contributed by atoms with Crippen molar-refractivity contribution in [3.8, 4) is 0 Å². The van der Waals surface area contributed by atoms with Gasteiger partial charge < -0.3 is 10.6 Å². The Morgan fingerprint density at radius 1 is 1.26 bits per heavy atom. The molecule has 0 aliphatic carbocycles. The first-order valence-corrected chi connectivity index (χ1v) is 7.12. The van der Waals surface area contributed by atoms with Gasteiger partial charge in [-0.1, -0.05) is 31.5 Å². The van der Waals surface area contributed by atoms with Gasteiger partial charge in [0.25, 0.3) is 0 Å². The highest BCUT2D eigenvalue weighted by Crippen LogP contribution is 2.30. The third-order valence-corrected chi connectivity index (χ3v) is 3.36. The molecule has 0 radical (unpaired) electrons. The number of unbranched alkanes of at least 4 members (excludes halogenated alkanes) is 1. The highest BCUT2D eigenvalue weighted by molar-refractivity contribution is 9.10. The molecule has 0 atom stereocenters. The summed E-state index contributed by atoms with van der Waals surface area (Å²) in [6.07, 6.45) is 3.91. The zero-order valence-corrected chi connectivity index (χ0v) is 12.5. The van der Waals surface area contributed by atoms with E-state index >= 15 is 0 Å². The van der Waals surface area contributed by atoms with Gasteiger partial charge in [0.05, 0.1) is 4.47 Å². The van der Waals surface area contributed by atoms with Crippen LogP contribution in [0.1, 0.15) is 19.8 Å². The first kappa shape index (κ1) is 13.8. The summed E-state index contributed by atoms with van der Waals surface area (Å²) in [4.78, 5) is 10.5. The van der Waals surface area contributed by atoms with E-state index in [2.05, 4.69) is 49.9 Å². The molecule has 4 nitrogen and oxygen atoms in total. The van der Waals surface area contributed by atoms with E-state index < -0.39 is 0 Å². The van der Waals surface area contributed by atoms with Crippen LogP contribution < -0.4 is 10.6 Å². The molecule has 2 N–H and O–H groups in total. The topological polar surface area (TPSA) is 55.0 Å². The van der Waals surface area contributed by atoms with Gasteiger partial charge in [-0.25, -0.2) is 4.98 Å². The number of para-hydroxylation sites is 1. The van der Waals surface area contributed by atoms with Gasteiger partial charge in [-0.05, 0) is 34.5 Å². The summed E-state index contributed by atoms with van der Waals surface area (Å²) in [6.45, 7) is 3.07. The number of nitrogens with two attached hydrogens (primary N) is 1. The third kappa shape index (κ3) is 3.44. The zero-order chi connectivity index (χ0) is 13.7. The number of nitrogen functional groups attached to an aromatic ring is 1. The van der Waals surface area contributed by atoms with Crippen molar-refractivity contribution in [2.24, 2.45) is 0 Å². The van der Waals surface area contributed by atoms with Gasteiger partial charge in [0.1, 0.15) is 0 Å². The summed E-state index contributed by atoms with van der Waals surface area (Å²) in [5.41, 5.74) is 6.81. The van der Waals surface area contributed by atoms with E-state index in [-0.39, 0.29) is 5.95 Å². The lowest BCUT2D eigenvalue weighted by molar-refractivity contribution is 0.777. The number of benzene rings is 1. The lowest BCUT2D eigenvalue weighted by atomic mass is 10.2. The van der Waals surface area contributed by atoms with Gasteiger partial charge in [0, 0.05) is 18.4 Å². The van der Waals surface area contributed by atoms with Crippen molar-refractivity contribution in [2.45, 2.75) is 19.8 Å². The van der Waals surface area contributed by atoms with E-state index in [1.165, 1.54) is 0 Å². The molecular weight excluding hydrogens is 304 g/mol. The zero-order valence-electron chi connectivity index (χ0n) is 10.9. The Labute approximate surface area is 121 Å². The Bertz CT molecular complexity index is 530. The maximum atomic E-state index is 5.70. The van der Waals surface area contributed by atoms with E-state index in [1.54, 1.807) is 6.20 Å². The summed E-state index contributed by atoms with van der Waals surface area (Å²) in [5, 5.41) is 0. The first-order valence-electron chi connectivity index (χ1n) is 6.33. The van der Waals surface area contributed by atoms with Crippen molar-refractivity contribution in [1.29, 1.82) is 0 Å². The van der Waals surface area contributed by atoms with Crippen LogP contribution in [0.4, 0.5) is 17.5 Å². The van der Waals surface area contributed by atoms with Crippen LogP contribution in [0.15, 0.2) is 41.0 Å². The molecule has 0 spiro atoms. The molecule has 0 aliphatic rings. The predicted octanol–water partition coefficient (Wildman–Crippen LogP) is 3.76. The van der Waals surface area contributed by atoms with Crippen molar-refractivity contribution < 1.29 is 0 Å². The van der Waals surface area contributed by atoms with E-state index in [0.717, 1.165) is 35.4 Å². The monoisotopic (exact) mass is 320 g/mol. The summed E-state index contributed by atoms with van der Waals surface area (Å²) in [5.74, 6) is 1.10. The second-order valence-corrected chi connectivity index (χ2v) is 5.09. The first-order chi connectivity index (χ1) is 9.22. The van der Waals surface area contributed by atoms with Gasteiger partial charge in [-0.2, -0.15) is 4.98 Å². The molecule has 0 fully saturated rings. The summed E-state index contributed by atoms with van der Waals surface area (Å²) in [6, 6.07) is 10.2. The molecule has 19 heavy (non-hydrogen) atoms. The Morgan fingerprint density at radius 3 is 2.68 bits per heavy atom. The summed E-state index contributed by atoms with van der Waals surface area (Å²) in [7, 11) is 0. The molecule has 1 heterocycles. The predicted molar refractivity (Wildman–Crippen MR) is 82.5 cm³/mol. The van der Waals surface area contributed by atoms with Crippen molar-refractivity contribution in [2.75, 3.05) is 17.2 Å². The molecule has 2 aromatic rings. The van der Waals surface area contributed by atoms with Gasteiger partial charge in [-0.3, -0.25) is 0 Å². The van der Waals surface area contributed by atoms with Crippen LogP contribution >= 0.6 is 15.9 Å². The molecule has 100 valence electrons. The number of rotatable bonds is 5. The second kappa shape index (κ2) is 6.52. The SMILES string of the molecule is CCCCN(c1ccccc1)c1nc(N)ncc1Br. The fourth-order valence-electron chi connectivity index (χ4n) is 1.84. The van der Waals surface area contributed by atoms with Crippen molar-refractivity contribution in [1.82, 2.24) is 9.97 Å². The van der Waals surface area contributed by atoms with Crippen LogP contribution in [0, 0.1) is 0 Å². The van der Waals surface area contributed by atoms with Crippen LogP contribution in [-0.2, 0) is 0 Å². The number of hydrogen-bond acceptors (Lipinski definition) is 4. The van der Waals surface area contributed by atoms with Gasteiger partial charge in [0.2, 0.25) is 5.95 Å². The maximum absolute atomic E-state index is 5.70. The summed E-state index contributed by atoms with van der Waals surface area (Å²) >= 11 is 3.50.